The van der Waals surface area contributed by atoms with Crippen LogP contribution in [-0.4, -0.2) is 72.7 Å². The molecule has 0 radical (unpaired) electrons. The molecule has 45 heavy (non-hydrogen) atoms. The maximum absolute atomic E-state index is 12.3. The van der Waals surface area contributed by atoms with E-state index in [0.717, 1.165) is 0 Å². The molecule has 2 aliphatic rings. The fourth-order valence-electron chi connectivity index (χ4n) is 4.41. The minimum atomic E-state index is -1.51. The Hall–Kier alpha value is -5.16. The number of ketones is 2. The maximum Gasteiger partial charge on any atom is 2.00 e. The van der Waals surface area contributed by atoms with Crippen molar-refractivity contribution in [2.24, 2.45) is 10.2 Å². The number of fused-ring (bicyclic) bond motifs is 2. The van der Waals surface area contributed by atoms with Crippen LogP contribution in [0.25, 0.3) is 12.2 Å². The molecule has 4 aromatic rings. The monoisotopic (exact) mass is 622 g/mol. The van der Waals surface area contributed by atoms with Crippen molar-refractivity contribution in [3.63, 3.8) is 0 Å². The Morgan fingerprint density at radius 2 is 0.844 bits per heavy atom. The summed E-state index contributed by atoms with van der Waals surface area (Å²) in [6, 6.07) is 32.1. The number of aliphatic carboxylic acids is 2. The van der Waals surface area contributed by atoms with Crippen LogP contribution in [0.5, 0.6) is 0 Å². The summed E-state index contributed by atoms with van der Waals surface area (Å²) in [7, 11) is 0. The second-order valence-electron chi connectivity index (χ2n) is 9.40. The van der Waals surface area contributed by atoms with Crippen LogP contribution in [-0.2, 0) is 19.2 Å². The Morgan fingerprint density at radius 3 is 1.20 bits per heavy atom. The molecule has 0 spiro atoms. The third-order valence-electron chi connectivity index (χ3n) is 6.53. The number of anilines is 2. The van der Waals surface area contributed by atoms with Crippen LogP contribution in [0.3, 0.4) is 0 Å². The molecule has 0 aromatic heterocycles. The topological polar surface area (TPSA) is 163 Å². The smallest absolute Gasteiger partial charge is 0.545 e. The Morgan fingerprint density at radius 1 is 0.511 bits per heavy atom. The van der Waals surface area contributed by atoms with Gasteiger partial charge < -0.3 is 19.8 Å². The van der Waals surface area contributed by atoms with Crippen molar-refractivity contribution < 1.29 is 29.4 Å². The fourth-order valence-corrected chi connectivity index (χ4v) is 4.41. The van der Waals surface area contributed by atoms with E-state index in [1.165, 1.54) is 12.2 Å². The van der Waals surface area contributed by atoms with Gasteiger partial charge in [0.1, 0.15) is 11.4 Å². The van der Waals surface area contributed by atoms with E-state index in [2.05, 4.69) is 21.1 Å². The number of rotatable bonds is 6. The van der Waals surface area contributed by atoms with Gasteiger partial charge in [0.15, 0.2) is 0 Å². The number of carboxylic acid groups (broad SMARTS) is 2. The SMILES string of the molecule is O=C([O-])C1=Cc2ccccc2/C(=N\Nc2ccccc2)C1=O.O=C([O-])C1=Cc2ccccc2/C(=N\Nc2ccccc2)C1=O.[Ca+2]. The molecule has 11 heteroatoms. The summed E-state index contributed by atoms with van der Waals surface area (Å²) in [6.07, 6.45) is 2.63. The van der Waals surface area contributed by atoms with Gasteiger partial charge in [0.05, 0.1) is 23.3 Å². The zero-order valence-corrected chi connectivity index (χ0v) is 25.8. The number of carbonyl (C=O) groups is 4. The van der Waals surface area contributed by atoms with E-state index in [0.29, 0.717) is 33.6 Å². The Bertz CT molecular complexity index is 1760. The van der Waals surface area contributed by atoms with Gasteiger partial charge in [-0.2, -0.15) is 10.2 Å². The summed E-state index contributed by atoms with van der Waals surface area (Å²) in [6.45, 7) is 0. The molecule has 0 saturated carbocycles. The van der Waals surface area contributed by atoms with Crippen molar-refractivity contribution in [2.75, 3.05) is 10.9 Å². The number of nitrogens with one attached hydrogen (secondary N) is 2. The number of carbonyl (C=O) groups excluding carboxylic acids is 4. The third kappa shape index (κ3) is 7.68. The van der Waals surface area contributed by atoms with Crippen molar-refractivity contribution in [1.29, 1.82) is 0 Å². The van der Waals surface area contributed by atoms with Crippen LogP contribution in [0.4, 0.5) is 11.4 Å². The van der Waals surface area contributed by atoms with Gasteiger partial charge in [0.2, 0.25) is 11.6 Å². The molecule has 0 heterocycles. The molecule has 0 amide bonds. The predicted octanol–water partition coefficient (Wildman–Crippen LogP) is 2.06. The van der Waals surface area contributed by atoms with Crippen molar-refractivity contribution in [3.05, 3.63) is 143 Å². The molecular formula is C34H22CaN4O6. The zero-order chi connectivity index (χ0) is 31.1. The molecular weight excluding hydrogens is 600 g/mol. The maximum atomic E-state index is 12.3. The summed E-state index contributed by atoms with van der Waals surface area (Å²) >= 11 is 0. The van der Waals surface area contributed by atoms with E-state index < -0.39 is 34.7 Å². The first-order chi connectivity index (χ1) is 21.3. The number of hydrogen-bond donors (Lipinski definition) is 2. The van der Waals surface area contributed by atoms with E-state index in [-0.39, 0.29) is 49.2 Å². The summed E-state index contributed by atoms with van der Waals surface area (Å²) in [5.41, 5.74) is 8.67. The van der Waals surface area contributed by atoms with Crippen LogP contribution >= 0.6 is 0 Å². The van der Waals surface area contributed by atoms with Crippen molar-refractivity contribution in [1.82, 2.24) is 0 Å². The Labute approximate surface area is 287 Å². The molecule has 0 atom stereocenters. The van der Waals surface area contributed by atoms with E-state index in [1.807, 2.05) is 36.4 Å². The molecule has 216 valence electrons. The largest absolute Gasteiger partial charge is 2.00 e. The summed E-state index contributed by atoms with van der Waals surface area (Å²) in [5.74, 6) is -4.34. The molecule has 0 fully saturated rings. The number of Topliss-reactive ketones (excluding diaryl/α,β-unsaturated/α-hetero) is 2. The number of nitrogens with zero attached hydrogens (tertiary/aromatic N) is 2. The average Bonchev–Trinajstić information content (AvgIpc) is 3.04. The number of hydrazone groups is 2. The Balaban J connectivity index is 0.000000200. The second-order valence-corrected chi connectivity index (χ2v) is 9.40. The number of para-hydroxylation sites is 2. The molecule has 2 aliphatic carbocycles. The van der Waals surface area contributed by atoms with Crippen molar-refractivity contribution >= 4 is 96.2 Å². The van der Waals surface area contributed by atoms with Gasteiger partial charge in [0, 0.05) is 22.3 Å². The summed E-state index contributed by atoms with van der Waals surface area (Å²) in [4.78, 5) is 46.8. The molecule has 2 N–H and O–H groups in total. The van der Waals surface area contributed by atoms with E-state index in [4.69, 9.17) is 0 Å². The normalized spacial score (nSPS) is 14.8. The first-order valence-corrected chi connectivity index (χ1v) is 13.2. The van der Waals surface area contributed by atoms with Gasteiger partial charge in [-0.3, -0.25) is 20.4 Å². The second kappa shape index (κ2) is 15.0. The zero-order valence-electron chi connectivity index (χ0n) is 23.6. The Kier molecular flexibility index (Phi) is 10.9. The van der Waals surface area contributed by atoms with Gasteiger partial charge in [0.25, 0.3) is 0 Å². The number of benzene rings is 4. The quantitative estimate of drug-likeness (QED) is 0.188. The van der Waals surface area contributed by atoms with E-state index in [9.17, 15) is 29.4 Å². The third-order valence-corrected chi connectivity index (χ3v) is 6.53. The van der Waals surface area contributed by atoms with Gasteiger partial charge in [-0.1, -0.05) is 84.9 Å². The molecule has 0 unspecified atom stereocenters. The fraction of sp³-hybridized carbons (Fsp3) is 0. The molecule has 6 rings (SSSR count). The average molecular weight is 623 g/mol. The molecule has 0 bridgehead atoms. The van der Waals surface area contributed by atoms with Crippen LogP contribution in [0.2, 0.25) is 0 Å². The molecule has 0 saturated heterocycles. The minimum Gasteiger partial charge on any atom is -0.545 e. The molecule has 10 nitrogen and oxygen atoms in total. The minimum absolute atomic E-state index is 0. The van der Waals surface area contributed by atoms with Gasteiger partial charge in [-0.05, 0) is 47.5 Å². The van der Waals surface area contributed by atoms with Crippen molar-refractivity contribution in [3.8, 4) is 0 Å². The van der Waals surface area contributed by atoms with E-state index in [1.54, 1.807) is 72.8 Å². The number of carboxylic acids is 2. The van der Waals surface area contributed by atoms with Crippen LogP contribution in [0.15, 0.2) is 131 Å². The van der Waals surface area contributed by atoms with Crippen molar-refractivity contribution in [2.45, 2.75) is 0 Å². The van der Waals surface area contributed by atoms with Crippen LogP contribution in [0.1, 0.15) is 22.3 Å². The first-order valence-electron chi connectivity index (χ1n) is 13.2. The van der Waals surface area contributed by atoms with Gasteiger partial charge >= 0.3 is 37.7 Å². The van der Waals surface area contributed by atoms with Crippen LogP contribution in [0, 0.1) is 0 Å². The molecule has 4 aromatic carbocycles. The standard InChI is InChI=1S/2C17H12N2O3.Ca/c2*20-16-14(17(21)22)10-11-6-4-5-9-13(11)15(16)19-18-12-7-2-1-3-8-12;/h2*1-10,18H,(H,21,22);/q;;+2/p-2/b2*19-15+;. The van der Waals surface area contributed by atoms with Gasteiger partial charge in [-0.25, -0.2) is 0 Å². The summed E-state index contributed by atoms with van der Waals surface area (Å²) in [5, 5.41) is 30.4. The first kappa shape index (κ1) is 32.7. The van der Waals surface area contributed by atoms with Crippen LogP contribution < -0.4 is 21.1 Å². The van der Waals surface area contributed by atoms with Gasteiger partial charge in [-0.15, -0.1) is 0 Å². The van der Waals surface area contributed by atoms with E-state index >= 15 is 0 Å². The number of hydrogen-bond acceptors (Lipinski definition) is 10. The predicted molar refractivity (Wildman–Crippen MR) is 168 cm³/mol. The summed E-state index contributed by atoms with van der Waals surface area (Å²) < 4.78 is 0. The molecule has 0 aliphatic heterocycles.